The Balaban J connectivity index is 1.85. The summed E-state index contributed by atoms with van der Waals surface area (Å²) >= 11 is 0. The van der Waals surface area contributed by atoms with E-state index in [1.807, 2.05) is 0 Å². The van der Waals surface area contributed by atoms with E-state index in [-0.39, 0.29) is 22.2 Å². The molecule has 2 aliphatic rings. The van der Waals surface area contributed by atoms with Crippen LogP contribution in [0.15, 0.2) is 12.1 Å². The third-order valence-electron chi connectivity index (χ3n) is 4.98. The summed E-state index contributed by atoms with van der Waals surface area (Å²) in [4.78, 5) is 17.0. The van der Waals surface area contributed by atoms with Gasteiger partial charge in [-0.3, -0.25) is 4.79 Å². The minimum atomic E-state index is -3.02. The molecule has 3 rings (SSSR count). The highest BCUT2D eigenvalue weighted by atomic mass is 32.2. The van der Waals surface area contributed by atoms with Crippen LogP contribution in [-0.4, -0.2) is 36.8 Å². The average Bonchev–Trinajstić information content (AvgIpc) is 2.45. The predicted octanol–water partition coefficient (Wildman–Crippen LogP) is 2.33. The zero-order chi connectivity index (χ0) is 15.9. The summed E-state index contributed by atoms with van der Waals surface area (Å²) in [6.45, 7) is 1.79. The molecule has 1 aromatic heterocycles. The van der Waals surface area contributed by atoms with Crippen molar-refractivity contribution in [1.29, 1.82) is 0 Å². The first-order valence-electron chi connectivity index (χ1n) is 7.72. The average molecular weight is 323 g/mol. The van der Waals surface area contributed by atoms with Crippen molar-refractivity contribution in [2.24, 2.45) is 5.92 Å². The van der Waals surface area contributed by atoms with Gasteiger partial charge in [-0.2, -0.15) is 0 Å². The summed E-state index contributed by atoms with van der Waals surface area (Å²) in [7, 11) is -1.48. The van der Waals surface area contributed by atoms with Crippen molar-refractivity contribution in [3.05, 3.63) is 23.4 Å². The van der Waals surface area contributed by atoms with E-state index in [4.69, 9.17) is 4.74 Å². The first-order chi connectivity index (χ1) is 10.4. The smallest absolute Gasteiger partial charge is 0.213 e. The topological polar surface area (TPSA) is 73.3 Å². The fraction of sp³-hybridized carbons (Fsp3) is 0.625. The third-order valence-corrected chi connectivity index (χ3v) is 7.70. The van der Waals surface area contributed by atoms with Crippen LogP contribution in [0.25, 0.3) is 0 Å². The molecule has 2 unspecified atom stereocenters. The zero-order valence-corrected chi connectivity index (χ0v) is 13.7. The molecule has 2 aliphatic heterocycles. The fourth-order valence-electron chi connectivity index (χ4n) is 3.75. The van der Waals surface area contributed by atoms with Crippen molar-refractivity contribution < 1.29 is 17.9 Å². The molecule has 0 spiro atoms. The number of hydrogen-bond acceptors (Lipinski definition) is 5. The first kappa shape index (κ1) is 15.5. The van der Waals surface area contributed by atoms with E-state index in [0.29, 0.717) is 42.8 Å². The summed E-state index contributed by atoms with van der Waals surface area (Å²) in [6.07, 6.45) is 3.27. The second-order valence-electron chi connectivity index (χ2n) is 6.28. The number of ketones is 1. The standard InChI is InChI=1S/C16H21NO4S/c1-10-14(6-7-15(17-10)21-2)16(18)11-8-12-4-3-5-13(9-11)22(12,19)20/h6-7,11-13H,3-5,8-9H2,1-2H3. The highest BCUT2D eigenvalue weighted by molar-refractivity contribution is 7.92. The van der Waals surface area contributed by atoms with Gasteiger partial charge in [-0.1, -0.05) is 6.42 Å². The molecule has 2 atom stereocenters. The second kappa shape index (κ2) is 5.65. The SMILES string of the molecule is COc1ccc(C(=O)C2CC3CCCC(C2)S3(=O)=O)c(C)n1. The largest absolute Gasteiger partial charge is 0.481 e. The Labute approximate surface area is 131 Å². The van der Waals surface area contributed by atoms with Gasteiger partial charge in [0.1, 0.15) is 0 Å². The number of carbonyl (C=O) groups excluding carboxylic acids is 1. The van der Waals surface area contributed by atoms with Gasteiger partial charge >= 0.3 is 0 Å². The monoisotopic (exact) mass is 323 g/mol. The van der Waals surface area contributed by atoms with E-state index in [1.54, 1.807) is 19.1 Å². The predicted molar refractivity (Wildman–Crippen MR) is 82.9 cm³/mol. The molecular formula is C16H21NO4S. The lowest BCUT2D eigenvalue weighted by Crippen LogP contribution is -2.45. The number of aryl methyl sites for hydroxylation is 1. The van der Waals surface area contributed by atoms with Crippen LogP contribution in [0.4, 0.5) is 0 Å². The van der Waals surface area contributed by atoms with Gasteiger partial charge in [-0.25, -0.2) is 13.4 Å². The molecule has 120 valence electrons. The molecule has 22 heavy (non-hydrogen) atoms. The Morgan fingerprint density at radius 3 is 2.41 bits per heavy atom. The van der Waals surface area contributed by atoms with Gasteiger partial charge in [-0.15, -0.1) is 0 Å². The van der Waals surface area contributed by atoms with Crippen LogP contribution in [0.5, 0.6) is 5.88 Å². The van der Waals surface area contributed by atoms with Gasteiger partial charge in [0, 0.05) is 17.5 Å². The maximum atomic E-state index is 12.8. The van der Waals surface area contributed by atoms with Crippen LogP contribution in [0.2, 0.25) is 0 Å². The van der Waals surface area contributed by atoms with Crippen LogP contribution in [0.1, 0.15) is 48.2 Å². The number of methoxy groups -OCH3 is 1. The lowest BCUT2D eigenvalue weighted by Gasteiger charge is -2.38. The van der Waals surface area contributed by atoms with Crippen LogP contribution >= 0.6 is 0 Å². The van der Waals surface area contributed by atoms with E-state index in [1.165, 1.54) is 7.11 Å². The summed E-state index contributed by atoms with van der Waals surface area (Å²) < 4.78 is 29.7. The summed E-state index contributed by atoms with van der Waals surface area (Å²) in [5.74, 6) is 0.310. The number of fused-ring (bicyclic) bond motifs is 2. The fourth-order valence-corrected chi connectivity index (χ4v) is 6.29. The summed E-state index contributed by atoms with van der Waals surface area (Å²) in [5, 5.41) is -0.666. The van der Waals surface area contributed by atoms with E-state index in [2.05, 4.69) is 4.98 Å². The minimum absolute atomic E-state index is 0.0273. The number of hydrogen-bond donors (Lipinski definition) is 0. The molecule has 2 fully saturated rings. The molecule has 6 heteroatoms. The lowest BCUT2D eigenvalue weighted by atomic mass is 9.84. The van der Waals surface area contributed by atoms with Gasteiger partial charge in [0.05, 0.1) is 23.3 Å². The van der Waals surface area contributed by atoms with Crippen LogP contribution in [0.3, 0.4) is 0 Å². The number of ether oxygens (including phenoxy) is 1. The van der Waals surface area contributed by atoms with Crippen molar-refractivity contribution in [3.8, 4) is 5.88 Å². The Morgan fingerprint density at radius 2 is 1.86 bits per heavy atom. The number of carbonyl (C=O) groups is 1. The summed E-state index contributed by atoms with van der Waals surface area (Å²) in [6, 6.07) is 3.42. The molecule has 0 saturated carbocycles. The number of sulfone groups is 1. The molecule has 0 aliphatic carbocycles. The molecule has 5 nitrogen and oxygen atoms in total. The Bertz CT molecular complexity index is 678. The molecule has 3 heterocycles. The number of rotatable bonds is 3. The van der Waals surface area contributed by atoms with Gasteiger partial charge in [0.2, 0.25) is 5.88 Å². The Morgan fingerprint density at radius 1 is 1.23 bits per heavy atom. The Hall–Kier alpha value is -1.43. The summed E-state index contributed by atoms with van der Waals surface area (Å²) in [5.41, 5.74) is 1.23. The van der Waals surface area contributed by atoms with E-state index >= 15 is 0 Å². The van der Waals surface area contributed by atoms with Gasteiger partial charge < -0.3 is 4.74 Å². The van der Waals surface area contributed by atoms with E-state index in [9.17, 15) is 13.2 Å². The van der Waals surface area contributed by atoms with Gasteiger partial charge in [0.15, 0.2) is 15.6 Å². The van der Waals surface area contributed by atoms with Crippen molar-refractivity contribution in [3.63, 3.8) is 0 Å². The van der Waals surface area contributed by atoms with Crippen LogP contribution in [-0.2, 0) is 9.84 Å². The van der Waals surface area contributed by atoms with Crippen molar-refractivity contribution in [2.75, 3.05) is 7.11 Å². The normalized spacial score (nSPS) is 29.8. The number of aromatic nitrogens is 1. The molecule has 0 aromatic carbocycles. The zero-order valence-electron chi connectivity index (χ0n) is 12.9. The van der Waals surface area contributed by atoms with Gasteiger partial charge in [-0.05, 0) is 38.7 Å². The maximum absolute atomic E-state index is 12.8. The molecule has 0 radical (unpaired) electrons. The molecule has 2 bridgehead atoms. The first-order valence-corrected chi connectivity index (χ1v) is 9.33. The molecular weight excluding hydrogens is 302 g/mol. The maximum Gasteiger partial charge on any atom is 0.213 e. The lowest BCUT2D eigenvalue weighted by molar-refractivity contribution is 0.0893. The van der Waals surface area contributed by atoms with Gasteiger partial charge in [0.25, 0.3) is 0 Å². The van der Waals surface area contributed by atoms with Crippen molar-refractivity contribution in [1.82, 2.24) is 4.98 Å². The quantitative estimate of drug-likeness (QED) is 0.798. The van der Waals surface area contributed by atoms with Crippen molar-refractivity contribution in [2.45, 2.75) is 49.5 Å². The minimum Gasteiger partial charge on any atom is -0.481 e. The van der Waals surface area contributed by atoms with Crippen LogP contribution < -0.4 is 4.74 Å². The van der Waals surface area contributed by atoms with Crippen molar-refractivity contribution >= 4 is 15.6 Å². The highest BCUT2D eigenvalue weighted by Crippen LogP contribution is 2.40. The Kier molecular flexibility index (Phi) is 3.97. The number of nitrogens with zero attached hydrogens (tertiary/aromatic N) is 1. The molecule has 1 aromatic rings. The molecule has 0 amide bonds. The van der Waals surface area contributed by atoms with E-state index in [0.717, 1.165) is 6.42 Å². The third kappa shape index (κ3) is 2.53. The van der Waals surface area contributed by atoms with Crippen LogP contribution in [0, 0.1) is 12.8 Å². The molecule has 0 N–H and O–H groups in total. The second-order valence-corrected chi connectivity index (χ2v) is 8.79. The number of pyridine rings is 1. The molecule has 2 saturated heterocycles. The highest BCUT2D eigenvalue weighted by Gasteiger charge is 2.46. The van der Waals surface area contributed by atoms with E-state index < -0.39 is 9.84 Å². The number of Topliss-reactive ketones (excluding diaryl/α,β-unsaturated/α-hetero) is 1.